The van der Waals surface area contributed by atoms with Crippen LogP contribution in [0.2, 0.25) is 0 Å². The minimum absolute atomic E-state index is 0.0674. The maximum Gasteiger partial charge on any atom is 0.293 e. The minimum Gasteiger partial charge on any atom is -0.353 e. The second kappa shape index (κ2) is 9.13. The molecule has 2 aromatic carbocycles. The number of carbonyl (C=O) groups excluding carboxylic acids is 2. The van der Waals surface area contributed by atoms with Crippen molar-refractivity contribution in [3.63, 3.8) is 0 Å². The highest BCUT2D eigenvalue weighted by Crippen LogP contribution is 2.29. The van der Waals surface area contributed by atoms with Crippen LogP contribution in [0.15, 0.2) is 66.9 Å². The van der Waals surface area contributed by atoms with Crippen molar-refractivity contribution < 1.29 is 14.5 Å². The monoisotopic (exact) mass is 432 g/mol. The van der Waals surface area contributed by atoms with Gasteiger partial charge in [-0.1, -0.05) is 18.2 Å². The standard InChI is InChI=1S/C22H20N6O4/c29-21-14-27(11-10-23-21)20-9-7-17(13-24-20)26-22(30)15-6-8-18(19(12-15)28(31)32)25-16-4-2-1-3-5-16/h1-9,12-13,25H,10-11,14H2,(H,23,29)(H,26,30). The zero-order chi connectivity index (χ0) is 22.5. The van der Waals surface area contributed by atoms with Crippen LogP contribution >= 0.6 is 0 Å². The molecular formula is C22H20N6O4. The Balaban J connectivity index is 1.47. The number of hydrogen-bond acceptors (Lipinski definition) is 7. The first kappa shape index (κ1) is 20.8. The highest BCUT2D eigenvalue weighted by atomic mass is 16.6. The normalized spacial score (nSPS) is 13.2. The van der Waals surface area contributed by atoms with Gasteiger partial charge in [0.05, 0.1) is 23.4 Å². The molecule has 0 atom stereocenters. The Kier molecular flexibility index (Phi) is 5.93. The van der Waals surface area contributed by atoms with Gasteiger partial charge in [-0.2, -0.15) is 0 Å². The number of piperazine rings is 1. The van der Waals surface area contributed by atoms with E-state index in [1.165, 1.54) is 24.4 Å². The maximum absolute atomic E-state index is 12.6. The van der Waals surface area contributed by atoms with Crippen molar-refractivity contribution >= 4 is 40.4 Å². The Morgan fingerprint density at radius 3 is 2.59 bits per heavy atom. The summed E-state index contributed by atoms with van der Waals surface area (Å²) in [5.74, 6) is 0.0679. The average Bonchev–Trinajstić information content (AvgIpc) is 2.80. The molecule has 3 N–H and O–H groups in total. The quantitative estimate of drug-likeness (QED) is 0.403. The van der Waals surface area contributed by atoms with Crippen LogP contribution < -0.4 is 20.9 Å². The summed E-state index contributed by atoms with van der Waals surface area (Å²) in [4.78, 5) is 41.3. The second-order valence-corrected chi connectivity index (χ2v) is 7.11. The molecule has 4 rings (SSSR count). The lowest BCUT2D eigenvalue weighted by molar-refractivity contribution is -0.383. The van der Waals surface area contributed by atoms with Crippen LogP contribution in [0.5, 0.6) is 0 Å². The van der Waals surface area contributed by atoms with Crippen molar-refractivity contribution in [1.29, 1.82) is 0 Å². The molecule has 0 radical (unpaired) electrons. The lowest BCUT2D eigenvalue weighted by Gasteiger charge is -2.27. The van der Waals surface area contributed by atoms with E-state index in [-0.39, 0.29) is 29.4 Å². The summed E-state index contributed by atoms with van der Waals surface area (Å²) < 4.78 is 0. The molecule has 3 aromatic rings. The van der Waals surface area contributed by atoms with Gasteiger partial charge in [0.2, 0.25) is 5.91 Å². The lowest BCUT2D eigenvalue weighted by atomic mass is 10.1. The number of para-hydroxylation sites is 1. The Morgan fingerprint density at radius 2 is 1.91 bits per heavy atom. The molecule has 2 amide bonds. The van der Waals surface area contributed by atoms with Gasteiger partial charge in [-0.25, -0.2) is 4.98 Å². The van der Waals surface area contributed by atoms with Gasteiger partial charge < -0.3 is 20.9 Å². The van der Waals surface area contributed by atoms with Crippen molar-refractivity contribution in [1.82, 2.24) is 10.3 Å². The number of carbonyl (C=O) groups is 2. The Hall–Kier alpha value is -4.47. The Labute approximate surface area is 183 Å². The van der Waals surface area contributed by atoms with Gasteiger partial charge in [0.15, 0.2) is 0 Å². The van der Waals surface area contributed by atoms with Gasteiger partial charge >= 0.3 is 0 Å². The third-order valence-corrected chi connectivity index (χ3v) is 4.88. The number of amides is 2. The number of nitro benzene ring substituents is 1. The van der Waals surface area contributed by atoms with E-state index in [0.717, 1.165) is 0 Å². The fraction of sp³-hybridized carbons (Fsp3) is 0.136. The van der Waals surface area contributed by atoms with E-state index >= 15 is 0 Å². The molecule has 2 heterocycles. The number of nitrogens with zero attached hydrogens (tertiary/aromatic N) is 3. The molecular weight excluding hydrogens is 412 g/mol. The first-order valence-corrected chi connectivity index (χ1v) is 9.89. The van der Waals surface area contributed by atoms with E-state index in [4.69, 9.17) is 0 Å². The molecule has 0 unspecified atom stereocenters. The number of hydrogen-bond donors (Lipinski definition) is 3. The topological polar surface area (TPSA) is 130 Å². The third kappa shape index (κ3) is 4.81. The van der Waals surface area contributed by atoms with Crippen LogP contribution in [0.4, 0.5) is 28.6 Å². The molecule has 0 spiro atoms. The second-order valence-electron chi connectivity index (χ2n) is 7.11. The number of pyridine rings is 1. The van der Waals surface area contributed by atoms with E-state index < -0.39 is 10.8 Å². The molecule has 162 valence electrons. The Bertz CT molecular complexity index is 1150. The van der Waals surface area contributed by atoms with Crippen molar-refractivity contribution in [2.75, 3.05) is 35.2 Å². The van der Waals surface area contributed by atoms with E-state index in [9.17, 15) is 19.7 Å². The van der Waals surface area contributed by atoms with Crippen molar-refractivity contribution in [3.8, 4) is 0 Å². The maximum atomic E-state index is 12.6. The first-order chi connectivity index (χ1) is 15.5. The van der Waals surface area contributed by atoms with Gasteiger partial charge in [-0.15, -0.1) is 0 Å². The van der Waals surface area contributed by atoms with Crippen molar-refractivity contribution in [3.05, 3.63) is 82.5 Å². The summed E-state index contributed by atoms with van der Waals surface area (Å²) in [5, 5.41) is 20.0. The highest BCUT2D eigenvalue weighted by Gasteiger charge is 2.19. The fourth-order valence-electron chi connectivity index (χ4n) is 3.29. The largest absolute Gasteiger partial charge is 0.353 e. The van der Waals surface area contributed by atoms with Gasteiger partial charge in [0.25, 0.3) is 11.6 Å². The third-order valence-electron chi connectivity index (χ3n) is 4.88. The van der Waals surface area contributed by atoms with E-state index in [0.29, 0.717) is 30.3 Å². The predicted molar refractivity (Wildman–Crippen MR) is 120 cm³/mol. The van der Waals surface area contributed by atoms with Crippen LogP contribution in [-0.2, 0) is 4.79 Å². The number of anilines is 4. The van der Waals surface area contributed by atoms with E-state index in [2.05, 4.69) is 20.9 Å². The van der Waals surface area contributed by atoms with Gasteiger partial charge in [0.1, 0.15) is 11.5 Å². The lowest BCUT2D eigenvalue weighted by Crippen LogP contribution is -2.48. The first-order valence-electron chi connectivity index (χ1n) is 9.89. The average molecular weight is 432 g/mol. The van der Waals surface area contributed by atoms with Gasteiger partial charge in [-0.3, -0.25) is 19.7 Å². The SMILES string of the molecule is O=C1CN(c2ccc(NC(=O)c3ccc(Nc4ccccc4)c([N+](=O)[O-])c3)cn2)CCN1. The Morgan fingerprint density at radius 1 is 1.09 bits per heavy atom. The number of aromatic nitrogens is 1. The minimum atomic E-state index is -0.535. The summed E-state index contributed by atoms with van der Waals surface area (Å²) in [6, 6.07) is 16.7. The number of benzene rings is 2. The van der Waals surface area contributed by atoms with E-state index in [1.807, 2.05) is 23.1 Å². The molecule has 32 heavy (non-hydrogen) atoms. The van der Waals surface area contributed by atoms with Crippen LogP contribution in [0.25, 0.3) is 0 Å². The van der Waals surface area contributed by atoms with Crippen LogP contribution in [0.3, 0.4) is 0 Å². The zero-order valence-corrected chi connectivity index (χ0v) is 16.9. The summed E-state index contributed by atoms with van der Waals surface area (Å²) in [6.07, 6.45) is 1.49. The molecule has 0 bridgehead atoms. The van der Waals surface area contributed by atoms with E-state index in [1.54, 1.807) is 24.3 Å². The number of rotatable bonds is 6. The smallest absolute Gasteiger partial charge is 0.293 e. The highest BCUT2D eigenvalue weighted by molar-refractivity contribution is 6.05. The van der Waals surface area contributed by atoms with Crippen LogP contribution in [-0.4, -0.2) is 41.4 Å². The molecule has 10 heteroatoms. The fourth-order valence-corrected chi connectivity index (χ4v) is 3.29. The molecule has 0 saturated carbocycles. The summed E-state index contributed by atoms with van der Waals surface area (Å²) in [6.45, 7) is 1.43. The van der Waals surface area contributed by atoms with Gasteiger partial charge in [-0.05, 0) is 36.4 Å². The summed E-state index contributed by atoms with van der Waals surface area (Å²) >= 11 is 0. The summed E-state index contributed by atoms with van der Waals surface area (Å²) in [5.41, 5.74) is 1.36. The molecule has 1 saturated heterocycles. The van der Waals surface area contributed by atoms with Crippen molar-refractivity contribution in [2.24, 2.45) is 0 Å². The van der Waals surface area contributed by atoms with Crippen molar-refractivity contribution in [2.45, 2.75) is 0 Å². The predicted octanol–water partition coefficient (Wildman–Crippen LogP) is 2.92. The molecule has 1 aromatic heterocycles. The van der Waals surface area contributed by atoms with Crippen LogP contribution in [0.1, 0.15) is 10.4 Å². The van der Waals surface area contributed by atoms with Gasteiger partial charge in [0, 0.05) is 30.4 Å². The molecule has 1 aliphatic rings. The number of nitro groups is 1. The molecule has 1 aliphatic heterocycles. The molecule has 1 fully saturated rings. The van der Waals surface area contributed by atoms with Crippen LogP contribution in [0, 0.1) is 10.1 Å². The summed E-state index contributed by atoms with van der Waals surface area (Å²) in [7, 11) is 0. The molecule has 0 aliphatic carbocycles. The number of nitrogens with one attached hydrogen (secondary N) is 3. The molecule has 10 nitrogen and oxygen atoms in total. The zero-order valence-electron chi connectivity index (χ0n) is 16.9.